The summed E-state index contributed by atoms with van der Waals surface area (Å²) in [5.74, 6) is 1.76. The van der Waals surface area contributed by atoms with Gasteiger partial charge in [0, 0.05) is 25.7 Å². The molecule has 2 unspecified atom stereocenters. The topological polar surface area (TPSA) is 47.9 Å². The Morgan fingerprint density at radius 1 is 1.43 bits per heavy atom. The maximum Gasteiger partial charge on any atom is 0.242 e. The molecule has 1 saturated heterocycles. The second kappa shape index (κ2) is 6.71. The SMILES string of the molecule is CN=C(NC1CC1C)N1CC(=O)N(C(C)C)C(C)(C)C1.I. The van der Waals surface area contributed by atoms with Crippen LogP contribution in [0.15, 0.2) is 4.99 Å². The van der Waals surface area contributed by atoms with E-state index in [0.717, 1.165) is 12.5 Å². The van der Waals surface area contributed by atoms with Crippen LogP contribution in [0.4, 0.5) is 0 Å². The largest absolute Gasteiger partial charge is 0.353 e. The Labute approximate surface area is 145 Å². The number of rotatable bonds is 2. The van der Waals surface area contributed by atoms with Crippen molar-refractivity contribution in [3.63, 3.8) is 0 Å². The van der Waals surface area contributed by atoms with Crippen molar-refractivity contribution in [1.29, 1.82) is 0 Å². The first-order valence-corrected chi connectivity index (χ1v) is 7.56. The standard InChI is InChI=1S/C15H28N4O.HI/c1-10(2)19-13(20)8-18(9-15(19,4)5)14(16-6)17-12-7-11(12)3;/h10-12H,7-9H2,1-6H3,(H,16,17);1H. The van der Waals surface area contributed by atoms with Crippen molar-refractivity contribution < 1.29 is 4.79 Å². The average Bonchev–Trinajstić information content (AvgIpc) is 2.98. The molecule has 6 heteroatoms. The first-order chi connectivity index (χ1) is 9.26. The molecule has 122 valence electrons. The molecule has 0 spiro atoms. The molecule has 0 aromatic heterocycles. The van der Waals surface area contributed by atoms with Crippen molar-refractivity contribution >= 4 is 35.8 Å². The fourth-order valence-corrected chi connectivity index (χ4v) is 3.30. The van der Waals surface area contributed by atoms with Crippen LogP contribution in [0.5, 0.6) is 0 Å². The van der Waals surface area contributed by atoms with Crippen molar-refractivity contribution in [2.24, 2.45) is 10.9 Å². The average molecular weight is 408 g/mol. The molecule has 1 amide bonds. The Morgan fingerprint density at radius 2 is 2.00 bits per heavy atom. The Bertz CT molecular complexity index is 422. The van der Waals surface area contributed by atoms with Gasteiger partial charge in [-0.1, -0.05) is 6.92 Å². The van der Waals surface area contributed by atoms with E-state index < -0.39 is 0 Å². The van der Waals surface area contributed by atoms with Crippen molar-refractivity contribution in [2.75, 3.05) is 20.1 Å². The number of carbonyl (C=O) groups is 1. The van der Waals surface area contributed by atoms with Gasteiger partial charge < -0.3 is 15.1 Å². The second-order valence-corrected chi connectivity index (χ2v) is 7.04. The number of piperazine rings is 1. The number of amides is 1. The predicted molar refractivity (Wildman–Crippen MR) is 97.1 cm³/mol. The van der Waals surface area contributed by atoms with Crippen molar-refractivity contribution in [1.82, 2.24) is 15.1 Å². The smallest absolute Gasteiger partial charge is 0.242 e. The van der Waals surface area contributed by atoms with E-state index in [1.165, 1.54) is 6.42 Å². The summed E-state index contributed by atoms with van der Waals surface area (Å²) < 4.78 is 0. The minimum atomic E-state index is -0.170. The molecule has 2 rings (SSSR count). The maximum absolute atomic E-state index is 12.4. The van der Waals surface area contributed by atoms with Crippen LogP contribution in [0, 0.1) is 5.92 Å². The van der Waals surface area contributed by atoms with E-state index in [9.17, 15) is 4.79 Å². The first-order valence-electron chi connectivity index (χ1n) is 7.56. The molecule has 2 atom stereocenters. The van der Waals surface area contributed by atoms with Crippen LogP contribution >= 0.6 is 24.0 Å². The van der Waals surface area contributed by atoms with Crippen LogP contribution in [0.2, 0.25) is 0 Å². The highest BCUT2D eigenvalue weighted by molar-refractivity contribution is 14.0. The molecule has 0 aromatic rings. The van der Waals surface area contributed by atoms with Gasteiger partial charge in [-0.05, 0) is 40.0 Å². The molecule has 1 aliphatic carbocycles. The number of halogens is 1. The lowest BCUT2D eigenvalue weighted by Crippen LogP contribution is -2.66. The summed E-state index contributed by atoms with van der Waals surface area (Å²) in [4.78, 5) is 20.9. The van der Waals surface area contributed by atoms with Crippen LogP contribution in [0.3, 0.4) is 0 Å². The summed E-state index contributed by atoms with van der Waals surface area (Å²) in [5.41, 5.74) is -0.170. The first kappa shape index (κ1) is 18.5. The number of nitrogens with zero attached hydrogens (tertiary/aromatic N) is 3. The van der Waals surface area contributed by atoms with Gasteiger partial charge in [0.05, 0.1) is 12.1 Å². The summed E-state index contributed by atoms with van der Waals surface area (Å²) in [6.07, 6.45) is 1.20. The van der Waals surface area contributed by atoms with Crippen molar-refractivity contribution in [2.45, 2.75) is 58.7 Å². The highest BCUT2D eigenvalue weighted by Gasteiger charge is 2.42. The minimum Gasteiger partial charge on any atom is -0.353 e. The van der Waals surface area contributed by atoms with Crippen LogP contribution in [-0.4, -0.2) is 59.4 Å². The molecule has 0 aromatic carbocycles. The second-order valence-electron chi connectivity index (χ2n) is 7.04. The van der Waals surface area contributed by atoms with E-state index in [2.05, 4.69) is 49.8 Å². The fraction of sp³-hybridized carbons (Fsp3) is 0.867. The lowest BCUT2D eigenvalue weighted by molar-refractivity contribution is -0.145. The zero-order valence-corrected chi connectivity index (χ0v) is 16.3. The number of carbonyl (C=O) groups excluding carboxylic acids is 1. The molecule has 2 fully saturated rings. The fourth-order valence-electron chi connectivity index (χ4n) is 3.30. The van der Waals surface area contributed by atoms with Gasteiger partial charge in [0.25, 0.3) is 0 Å². The molecule has 5 nitrogen and oxygen atoms in total. The summed E-state index contributed by atoms with van der Waals surface area (Å²) in [5, 5.41) is 3.47. The minimum absolute atomic E-state index is 0. The monoisotopic (exact) mass is 408 g/mol. The summed E-state index contributed by atoms with van der Waals surface area (Å²) in [6, 6.07) is 0.758. The Hall–Kier alpha value is -0.530. The third-order valence-corrected chi connectivity index (χ3v) is 4.28. The summed E-state index contributed by atoms with van der Waals surface area (Å²) in [6.45, 7) is 11.9. The highest BCUT2D eigenvalue weighted by Crippen LogP contribution is 2.30. The third kappa shape index (κ3) is 4.02. The van der Waals surface area contributed by atoms with Crippen molar-refractivity contribution in [3.8, 4) is 0 Å². The van der Waals surface area contributed by atoms with Gasteiger partial charge in [-0.15, -0.1) is 24.0 Å². The van der Waals surface area contributed by atoms with Crippen molar-refractivity contribution in [3.05, 3.63) is 0 Å². The quantitative estimate of drug-likeness (QED) is 0.432. The Balaban J connectivity index is 0.00000220. The molecule has 2 aliphatic rings. The summed E-state index contributed by atoms with van der Waals surface area (Å²) in [7, 11) is 1.79. The number of hydrogen-bond donors (Lipinski definition) is 1. The van der Waals surface area contributed by atoms with Crippen LogP contribution in [0.1, 0.15) is 41.0 Å². The molecule has 0 bridgehead atoms. The molecule has 1 heterocycles. The van der Waals surface area contributed by atoms with Gasteiger partial charge in [-0.2, -0.15) is 0 Å². The van der Waals surface area contributed by atoms with E-state index >= 15 is 0 Å². The van der Waals surface area contributed by atoms with Crippen LogP contribution < -0.4 is 5.32 Å². The molecule has 21 heavy (non-hydrogen) atoms. The van der Waals surface area contributed by atoms with E-state index in [1.54, 1.807) is 7.05 Å². The number of hydrogen-bond acceptors (Lipinski definition) is 2. The molecular formula is C15H29IN4O. The zero-order chi connectivity index (χ0) is 15.1. The van der Waals surface area contributed by atoms with Crippen LogP contribution in [-0.2, 0) is 4.79 Å². The number of aliphatic imine (C=N–C) groups is 1. The van der Waals surface area contributed by atoms with E-state index in [0.29, 0.717) is 18.5 Å². The Morgan fingerprint density at radius 3 is 2.38 bits per heavy atom. The zero-order valence-electron chi connectivity index (χ0n) is 14.0. The van der Waals surface area contributed by atoms with Gasteiger partial charge >= 0.3 is 0 Å². The van der Waals surface area contributed by atoms with Gasteiger partial charge in [0.2, 0.25) is 5.91 Å². The Kier molecular flexibility index (Phi) is 5.91. The third-order valence-electron chi connectivity index (χ3n) is 4.28. The molecule has 0 radical (unpaired) electrons. The van der Waals surface area contributed by atoms with Gasteiger partial charge in [0.1, 0.15) is 0 Å². The van der Waals surface area contributed by atoms with E-state index in [4.69, 9.17) is 0 Å². The predicted octanol–water partition coefficient (Wildman–Crippen LogP) is 1.92. The summed E-state index contributed by atoms with van der Waals surface area (Å²) >= 11 is 0. The van der Waals surface area contributed by atoms with E-state index in [-0.39, 0.29) is 41.5 Å². The lowest BCUT2D eigenvalue weighted by atomic mass is 9.96. The maximum atomic E-state index is 12.4. The molecule has 1 saturated carbocycles. The van der Waals surface area contributed by atoms with Gasteiger partial charge in [-0.3, -0.25) is 9.79 Å². The molecule has 1 aliphatic heterocycles. The van der Waals surface area contributed by atoms with Gasteiger partial charge in [-0.25, -0.2) is 0 Å². The normalized spacial score (nSPS) is 28.5. The molecule has 1 N–H and O–H groups in total. The van der Waals surface area contributed by atoms with E-state index in [1.807, 2.05) is 4.90 Å². The molecular weight excluding hydrogens is 379 g/mol. The van der Waals surface area contributed by atoms with Gasteiger partial charge in [0.15, 0.2) is 5.96 Å². The lowest BCUT2D eigenvalue weighted by Gasteiger charge is -2.49. The van der Waals surface area contributed by atoms with Crippen LogP contribution in [0.25, 0.3) is 0 Å². The number of nitrogens with one attached hydrogen (secondary N) is 1. The number of guanidine groups is 1. The highest BCUT2D eigenvalue weighted by atomic mass is 127.